The monoisotopic (exact) mass is 482 g/mol. The van der Waals surface area contributed by atoms with Gasteiger partial charge in [0, 0.05) is 11.8 Å². The summed E-state index contributed by atoms with van der Waals surface area (Å²) in [5, 5.41) is 8.73. The van der Waals surface area contributed by atoms with Crippen LogP contribution in [0.1, 0.15) is 47.3 Å². The minimum absolute atomic E-state index is 0.0176. The third-order valence-electron chi connectivity index (χ3n) is 5.33. The van der Waals surface area contributed by atoms with Gasteiger partial charge in [-0.1, -0.05) is 17.7 Å². The number of ether oxygens (including phenoxy) is 1. The van der Waals surface area contributed by atoms with Gasteiger partial charge in [0.15, 0.2) is 6.10 Å². The van der Waals surface area contributed by atoms with Gasteiger partial charge in [0.05, 0.1) is 17.0 Å². The van der Waals surface area contributed by atoms with Crippen molar-refractivity contribution in [2.45, 2.75) is 44.9 Å². The van der Waals surface area contributed by atoms with Crippen LogP contribution in [0.25, 0.3) is 11.3 Å². The van der Waals surface area contributed by atoms with Crippen LogP contribution in [0.4, 0.5) is 23.2 Å². The molecule has 2 N–H and O–H groups in total. The number of amides is 1. The van der Waals surface area contributed by atoms with Crippen molar-refractivity contribution in [3.8, 4) is 17.0 Å². The van der Waals surface area contributed by atoms with Crippen molar-refractivity contribution in [3.63, 3.8) is 0 Å². The van der Waals surface area contributed by atoms with Crippen molar-refractivity contribution in [1.82, 2.24) is 15.2 Å². The van der Waals surface area contributed by atoms with Gasteiger partial charge in [-0.05, 0) is 56.4 Å². The maximum atomic E-state index is 15.0. The number of H-pyrrole nitrogens is 1. The lowest BCUT2D eigenvalue weighted by atomic mass is 10.0. The third kappa shape index (κ3) is 4.95. The van der Waals surface area contributed by atoms with Crippen molar-refractivity contribution < 1.29 is 27.1 Å². The molecule has 0 spiro atoms. The van der Waals surface area contributed by atoms with Crippen LogP contribution in [-0.2, 0) is 0 Å². The first-order valence-electron chi connectivity index (χ1n) is 10.1. The fourth-order valence-electron chi connectivity index (χ4n) is 3.23. The van der Waals surface area contributed by atoms with Crippen molar-refractivity contribution in [1.29, 1.82) is 0 Å². The normalized spacial score (nSPS) is 14.8. The third-order valence-corrected chi connectivity index (χ3v) is 5.60. The summed E-state index contributed by atoms with van der Waals surface area (Å²) in [7, 11) is 0. The van der Waals surface area contributed by atoms with E-state index in [9.17, 15) is 18.0 Å². The molecule has 11 heteroatoms. The number of nitrogens with one attached hydrogen (secondary N) is 2. The van der Waals surface area contributed by atoms with E-state index in [0.717, 1.165) is 37.5 Å². The fraction of sp³-hybridized carbons (Fsp3) is 0.318. The molecule has 2 heterocycles. The molecule has 0 saturated heterocycles. The Kier molecular flexibility index (Phi) is 6.04. The highest BCUT2D eigenvalue weighted by atomic mass is 35.5. The lowest BCUT2D eigenvalue weighted by Crippen LogP contribution is -2.32. The summed E-state index contributed by atoms with van der Waals surface area (Å²) in [5.74, 6) is -1.76. The van der Waals surface area contributed by atoms with Crippen LogP contribution in [0.5, 0.6) is 5.75 Å². The van der Waals surface area contributed by atoms with E-state index in [-0.39, 0.29) is 22.1 Å². The minimum atomic E-state index is -4.70. The lowest BCUT2D eigenvalue weighted by molar-refractivity contribution is -0.189. The molecule has 0 bridgehead atoms. The van der Waals surface area contributed by atoms with Gasteiger partial charge in [0.1, 0.15) is 22.4 Å². The summed E-state index contributed by atoms with van der Waals surface area (Å²) in [5.41, 5.74) is 1.18. The quantitative estimate of drug-likeness (QED) is 0.420. The van der Waals surface area contributed by atoms with Crippen LogP contribution in [0.3, 0.4) is 0 Å². The Balaban J connectivity index is 1.73. The number of anilines is 1. The highest BCUT2D eigenvalue weighted by Gasteiger charge is 2.39. The van der Waals surface area contributed by atoms with Crippen LogP contribution < -0.4 is 10.1 Å². The van der Waals surface area contributed by atoms with E-state index in [2.05, 4.69) is 20.5 Å². The summed E-state index contributed by atoms with van der Waals surface area (Å²) in [6.45, 7) is 2.35. The molecular formula is C22H19ClF4N4O2. The zero-order valence-electron chi connectivity index (χ0n) is 17.6. The standard InChI is InChI=1S/C22H19ClF4N4O2/c1-10-19(20(23)31-30-10)29-21(32)15-7-16(24)14(8-18(15)33-11(2)22(25,26)27)17-6-5-13(9-28-17)12-3-4-12/h5-9,11-12H,3-4H2,1-2H3,(H,29,32)(H,30,31)/t11-/m0/s1. The molecule has 0 unspecified atom stereocenters. The Hall–Kier alpha value is -3.14. The maximum absolute atomic E-state index is 15.0. The molecule has 0 aliphatic heterocycles. The van der Waals surface area contributed by atoms with E-state index in [4.69, 9.17) is 16.3 Å². The Morgan fingerprint density at radius 2 is 2.03 bits per heavy atom. The molecule has 6 nitrogen and oxygen atoms in total. The minimum Gasteiger partial charge on any atom is -0.480 e. The second kappa shape index (κ2) is 8.66. The van der Waals surface area contributed by atoms with E-state index in [0.29, 0.717) is 11.6 Å². The number of nitrogens with zero attached hydrogens (tertiary/aromatic N) is 2. The van der Waals surface area contributed by atoms with Crippen molar-refractivity contribution in [2.24, 2.45) is 0 Å². The Morgan fingerprint density at radius 3 is 2.58 bits per heavy atom. The second-order valence-electron chi connectivity index (χ2n) is 7.83. The summed E-state index contributed by atoms with van der Waals surface area (Å²) in [6, 6.07) is 5.28. The summed E-state index contributed by atoms with van der Waals surface area (Å²) >= 11 is 5.94. The number of carbonyl (C=O) groups excluding carboxylic acids is 1. The van der Waals surface area contributed by atoms with Gasteiger partial charge in [0.25, 0.3) is 5.91 Å². The number of carbonyl (C=O) groups is 1. The van der Waals surface area contributed by atoms with Crippen molar-refractivity contribution >= 4 is 23.2 Å². The maximum Gasteiger partial charge on any atom is 0.425 e. The number of rotatable bonds is 6. The van der Waals surface area contributed by atoms with Crippen LogP contribution in [0.2, 0.25) is 5.15 Å². The second-order valence-corrected chi connectivity index (χ2v) is 8.21. The number of halogens is 5. The highest BCUT2D eigenvalue weighted by molar-refractivity contribution is 6.33. The first kappa shape index (κ1) is 23.0. The Morgan fingerprint density at radius 1 is 1.30 bits per heavy atom. The first-order valence-corrected chi connectivity index (χ1v) is 10.5. The average molecular weight is 483 g/mol. The van der Waals surface area contributed by atoms with Crippen LogP contribution in [0, 0.1) is 12.7 Å². The largest absolute Gasteiger partial charge is 0.480 e. The highest BCUT2D eigenvalue weighted by Crippen LogP contribution is 2.40. The van der Waals surface area contributed by atoms with Crippen LogP contribution >= 0.6 is 11.6 Å². The number of hydrogen-bond donors (Lipinski definition) is 2. The van der Waals surface area contributed by atoms with Gasteiger partial charge in [0.2, 0.25) is 0 Å². The lowest BCUT2D eigenvalue weighted by Gasteiger charge is -2.20. The molecule has 174 valence electrons. The summed E-state index contributed by atoms with van der Waals surface area (Å²) in [6.07, 6.45) is -3.20. The van der Waals surface area contributed by atoms with Gasteiger partial charge in [-0.15, -0.1) is 0 Å². The number of pyridine rings is 1. The molecule has 4 rings (SSSR count). The molecule has 33 heavy (non-hydrogen) atoms. The predicted molar refractivity (Wildman–Crippen MR) is 114 cm³/mol. The molecule has 1 fully saturated rings. The molecule has 1 saturated carbocycles. The Bertz CT molecular complexity index is 1170. The molecule has 2 aromatic heterocycles. The number of aromatic nitrogens is 3. The SMILES string of the molecule is Cc1n[nH]c(Cl)c1NC(=O)c1cc(F)c(-c2ccc(C3CC3)cn2)cc1O[C@@H](C)C(F)(F)F. The predicted octanol–water partition coefficient (Wildman–Crippen LogP) is 6.03. The van der Waals surface area contributed by atoms with Gasteiger partial charge in [-0.2, -0.15) is 18.3 Å². The van der Waals surface area contributed by atoms with Crippen molar-refractivity contribution in [3.05, 3.63) is 58.3 Å². The van der Waals surface area contributed by atoms with Crippen LogP contribution in [0.15, 0.2) is 30.5 Å². The van der Waals surface area contributed by atoms with Crippen molar-refractivity contribution in [2.75, 3.05) is 5.32 Å². The molecule has 0 radical (unpaired) electrons. The number of benzene rings is 1. The molecule has 1 aliphatic carbocycles. The summed E-state index contributed by atoms with van der Waals surface area (Å²) < 4.78 is 59.6. The molecule has 1 amide bonds. The molecule has 1 atom stereocenters. The Labute approximate surface area is 191 Å². The van der Waals surface area contributed by atoms with Gasteiger partial charge < -0.3 is 10.1 Å². The zero-order chi connectivity index (χ0) is 23.9. The van der Waals surface area contributed by atoms with E-state index in [1.165, 1.54) is 0 Å². The van der Waals surface area contributed by atoms with Gasteiger partial charge in [-0.3, -0.25) is 14.9 Å². The fourth-order valence-corrected chi connectivity index (χ4v) is 3.46. The number of aromatic amines is 1. The average Bonchev–Trinajstić information content (AvgIpc) is 3.56. The van der Waals surface area contributed by atoms with E-state index < -0.39 is 35.3 Å². The van der Waals surface area contributed by atoms with E-state index in [1.54, 1.807) is 19.2 Å². The number of alkyl halides is 3. The number of hydrogen-bond acceptors (Lipinski definition) is 4. The molecule has 1 aliphatic rings. The summed E-state index contributed by atoms with van der Waals surface area (Å²) in [4.78, 5) is 17.1. The van der Waals surface area contributed by atoms with Gasteiger partial charge >= 0.3 is 6.18 Å². The first-order chi connectivity index (χ1) is 15.5. The van der Waals surface area contributed by atoms with Gasteiger partial charge in [-0.25, -0.2) is 4.39 Å². The molecular weight excluding hydrogens is 464 g/mol. The van der Waals surface area contributed by atoms with E-state index in [1.807, 2.05) is 6.07 Å². The molecule has 1 aromatic carbocycles. The zero-order valence-corrected chi connectivity index (χ0v) is 18.3. The topological polar surface area (TPSA) is 79.9 Å². The smallest absolute Gasteiger partial charge is 0.425 e. The number of aryl methyl sites for hydroxylation is 1. The molecule has 3 aromatic rings. The van der Waals surface area contributed by atoms with E-state index >= 15 is 4.39 Å². The van der Waals surface area contributed by atoms with Crippen LogP contribution in [-0.4, -0.2) is 33.4 Å².